The minimum atomic E-state index is 0.440. The third-order valence-corrected chi connectivity index (χ3v) is 4.77. The van der Waals surface area contributed by atoms with Crippen LogP contribution in [-0.2, 0) is 0 Å². The van der Waals surface area contributed by atoms with Crippen molar-refractivity contribution in [3.05, 3.63) is 34.3 Å². The fourth-order valence-electron chi connectivity index (χ4n) is 3.01. The molecule has 0 radical (unpaired) electrons. The first-order valence-corrected chi connectivity index (χ1v) is 7.97. The molecule has 0 saturated heterocycles. The molecule has 1 N–H and O–H groups in total. The van der Waals surface area contributed by atoms with Gasteiger partial charge in [-0.15, -0.1) is 0 Å². The van der Waals surface area contributed by atoms with Crippen molar-refractivity contribution in [2.24, 2.45) is 5.92 Å². The summed E-state index contributed by atoms with van der Waals surface area (Å²) in [5, 5.41) is 3.77. The average molecular weight is 310 g/mol. The van der Waals surface area contributed by atoms with Crippen LogP contribution in [0.4, 0.5) is 0 Å². The Morgan fingerprint density at radius 2 is 1.67 bits per heavy atom. The van der Waals surface area contributed by atoms with Gasteiger partial charge in [-0.3, -0.25) is 0 Å². The van der Waals surface area contributed by atoms with E-state index in [2.05, 4.69) is 59.4 Å². The summed E-state index contributed by atoms with van der Waals surface area (Å²) in [4.78, 5) is 0. The maximum atomic E-state index is 3.77. The lowest BCUT2D eigenvalue weighted by molar-refractivity contribution is 0.268. The summed E-state index contributed by atoms with van der Waals surface area (Å²) in [6, 6.07) is 9.72. The van der Waals surface area contributed by atoms with Gasteiger partial charge < -0.3 is 5.32 Å². The lowest BCUT2D eigenvalue weighted by Crippen LogP contribution is -2.36. The molecule has 1 fully saturated rings. The van der Waals surface area contributed by atoms with Crippen molar-refractivity contribution in [2.75, 3.05) is 0 Å². The van der Waals surface area contributed by atoms with E-state index in [1.165, 1.54) is 37.7 Å². The van der Waals surface area contributed by atoms with Crippen LogP contribution in [0.25, 0.3) is 0 Å². The maximum absolute atomic E-state index is 3.77. The van der Waals surface area contributed by atoms with Crippen LogP contribution in [-0.4, -0.2) is 6.04 Å². The smallest absolute Gasteiger partial charge is 0.0294 e. The largest absolute Gasteiger partial charge is 0.307 e. The van der Waals surface area contributed by atoms with Crippen molar-refractivity contribution in [1.29, 1.82) is 0 Å². The van der Waals surface area contributed by atoms with E-state index in [0.29, 0.717) is 12.1 Å². The van der Waals surface area contributed by atoms with Crippen LogP contribution >= 0.6 is 15.9 Å². The van der Waals surface area contributed by atoms with Crippen molar-refractivity contribution >= 4 is 15.9 Å². The van der Waals surface area contributed by atoms with E-state index in [9.17, 15) is 0 Å². The Hall–Kier alpha value is -0.340. The van der Waals surface area contributed by atoms with Crippen molar-refractivity contribution < 1.29 is 0 Å². The summed E-state index contributed by atoms with van der Waals surface area (Å²) in [6.45, 7) is 4.62. The van der Waals surface area contributed by atoms with Gasteiger partial charge in [0.05, 0.1) is 0 Å². The SMILES string of the molecule is CC(N[C@H](C)c1ccc(Br)cc1)C1CCCCC1. The normalized spacial score (nSPS) is 20.6. The molecule has 0 bridgehead atoms. The zero-order chi connectivity index (χ0) is 13.0. The molecule has 1 aromatic rings. The van der Waals surface area contributed by atoms with Crippen molar-refractivity contribution in [2.45, 2.75) is 58.0 Å². The van der Waals surface area contributed by atoms with E-state index in [1.54, 1.807) is 0 Å². The van der Waals surface area contributed by atoms with Gasteiger partial charge in [-0.25, -0.2) is 0 Å². The van der Waals surface area contributed by atoms with Crippen molar-refractivity contribution in [1.82, 2.24) is 5.32 Å². The Morgan fingerprint density at radius 3 is 2.28 bits per heavy atom. The van der Waals surface area contributed by atoms with E-state index in [0.717, 1.165) is 10.4 Å². The molecule has 1 saturated carbocycles. The highest BCUT2D eigenvalue weighted by atomic mass is 79.9. The molecule has 2 heteroatoms. The highest BCUT2D eigenvalue weighted by Crippen LogP contribution is 2.27. The fourth-order valence-corrected chi connectivity index (χ4v) is 3.28. The van der Waals surface area contributed by atoms with E-state index < -0.39 is 0 Å². The predicted octanol–water partition coefficient (Wildman–Crippen LogP) is 5.07. The number of rotatable bonds is 4. The Morgan fingerprint density at radius 1 is 1.06 bits per heavy atom. The number of halogens is 1. The van der Waals surface area contributed by atoms with Crippen molar-refractivity contribution in [3.8, 4) is 0 Å². The first-order chi connectivity index (χ1) is 8.66. The van der Waals surface area contributed by atoms with Gasteiger partial charge in [-0.05, 0) is 50.3 Å². The predicted molar refractivity (Wildman–Crippen MR) is 81.7 cm³/mol. The standard InChI is InChI=1S/C16H24BrN/c1-12(14-6-4-3-5-7-14)18-13(2)15-8-10-16(17)11-9-15/h8-14,18H,3-7H2,1-2H3/t12?,13-/m1/s1. The summed E-state index contributed by atoms with van der Waals surface area (Å²) < 4.78 is 1.15. The van der Waals surface area contributed by atoms with Gasteiger partial charge in [-0.1, -0.05) is 47.3 Å². The van der Waals surface area contributed by atoms with Gasteiger partial charge in [0.25, 0.3) is 0 Å². The topological polar surface area (TPSA) is 12.0 Å². The zero-order valence-corrected chi connectivity index (χ0v) is 13.0. The third kappa shape index (κ3) is 3.83. The van der Waals surface area contributed by atoms with Crippen LogP contribution in [0, 0.1) is 5.92 Å². The summed E-state index contributed by atoms with van der Waals surface area (Å²) in [7, 11) is 0. The molecule has 1 aromatic carbocycles. The molecule has 18 heavy (non-hydrogen) atoms. The Balaban J connectivity index is 1.89. The molecular weight excluding hydrogens is 286 g/mol. The first-order valence-electron chi connectivity index (χ1n) is 7.18. The fraction of sp³-hybridized carbons (Fsp3) is 0.625. The molecule has 2 atom stereocenters. The van der Waals surface area contributed by atoms with E-state index in [-0.39, 0.29) is 0 Å². The molecule has 0 spiro atoms. The number of hydrogen-bond donors (Lipinski definition) is 1. The quantitative estimate of drug-likeness (QED) is 0.819. The molecule has 1 nitrogen and oxygen atoms in total. The zero-order valence-electron chi connectivity index (χ0n) is 11.5. The summed E-state index contributed by atoms with van der Waals surface area (Å²) in [5.41, 5.74) is 1.38. The van der Waals surface area contributed by atoms with Gasteiger partial charge in [0.15, 0.2) is 0 Å². The second kappa shape index (κ2) is 6.72. The minimum Gasteiger partial charge on any atom is -0.307 e. The van der Waals surface area contributed by atoms with Gasteiger partial charge in [0.1, 0.15) is 0 Å². The summed E-state index contributed by atoms with van der Waals surface area (Å²) in [5.74, 6) is 0.872. The number of benzene rings is 1. The van der Waals surface area contributed by atoms with E-state index in [1.807, 2.05) is 0 Å². The van der Waals surface area contributed by atoms with Crippen LogP contribution in [0.3, 0.4) is 0 Å². The molecular formula is C16H24BrN. The van der Waals surface area contributed by atoms with Gasteiger partial charge >= 0.3 is 0 Å². The Bertz CT molecular complexity index is 354. The average Bonchev–Trinajstić information content (AvgIpc) is 2.40. The van der Waals surface area contributed by atoms with E-state index in [4.69, 9.17) is 0 Å². The highest BCUT2D eigenvalue weighted by Gasteiger charge is 2.21. The van der Waals surface area contributed by atoms with Gasteiger partial charge in [-0.2, -0.15) is 0 Å². The molecule has 1 aliphatic rings. The number of hydrogen-bond acceptors (Lipinski definition) is 1. The molecule has 100 valence electrons. The second-order valence-electron chi connectivity index (χ2n) is 5.63. The van der Waals surface area contributed by atoms with Crippen molar-refractivity contribution in [3.63, 3.8) is 0 Å². The van der Waals surface area contributed by atoms with Crippen LogP contribution in [0.2, 0.25) is 0 Å². The highest BCUT2D eigenvalue weighted by molar-refractivity contribution is 9.10. The van der Waals surface area contributed by atoms with Crippen LogP contribution in [0.5, 0.6) is 0 Å². The molecule has 1 aliphatic carbocycles. The number of nitrogens with one attached hydrogen (secondary N) is 1. The lowest BCUT2D eigenvalue weighted by Gasteiger charge is -2.30. The Labute approximate surface area is 119 Å². The first kappa shape index (κ1) is 14.1. The third-order valence-electron chi connectivity index (χ3n) is 4.24. The molecule has 0 heterocycles. The van der Waals surface area contributed by atoms with Crippen LogP contribution in [0.1, 0.15) is 57.6 Å². The molecule has 0 aromatic heterocycles. The van der Waals surface area contributed by atoms with E-state index >= 15 is 0 Å². The maximum Gasteiger partial charge on any atom is 0.0294 e. The molecule has 1 unspecified atom stereocenters. The Kier molecular flexibility index (Phi) is 5.25. The monoisotopic (exact) mass is 309 g/mol. The second-order valence-corrected chi connectivity index (χ2v) is 6.54. The minimum absolute atomic E-state index is 0.440. The molecule has 0 amide bonds. The lowest BCUT2D eigenvalue weighted by atomic mass is 9.84. The van der Waals surface area contributed by atoms with Gasteiger partial charge in [0, 0.05) is 16.6 Å². The molecule has 0 aliphatic heterocycles. The van der Waals surface area contributed by atoms with Gasteiger partial charge in [0.2, 0.25) is 0 Å². The van der Waals surface area contributed by atoms with Crippen LogP contribution in [0.15, 0.2) is 28.7 Å². The van der Waals surface area contributed by atoms with Crippen LogP contribution < -0.4 is 5.32 Å². The molecule has 2 rings (SSSR count). The summed E-state index contributed by atoms with van der Waals surface area (Å²) in [6.07, 6.45) is 7.08. The summed E-state index contributed by atoms with van der Waals surface area (Å²) >= 11 is 3.49.